The molecule has 2 aromatic heterocycles. The molecule has 0 saturated carbocycles. The number of carbonyl (C=O) groups is 1. The van der Waals surface area contributed by atoms with Gasteiger partial charge < -0.3 is 14.9 Å². The van der Waals surface area contributed by atoms with E-state index in [9.17, 15) is 10.1 Å². The normalized spacial score (nSPS) is 11.6. The number of allylic oxidation sites excluding steroid dienone is 1. The van der Waals surface area contributed by atoms with Crippen LogP contribution in [0.4, 0.5) is 5.69 Å². The van der Waals surface area contributed by atoms with Crippen molar-refractivity contribution in [3.8, 4) is 6.07 Å². The Labute approximate surface area is 201 Å². The fraction of sp³-hybridized carbons (Fsp3) is 0.0741. The van der Waals surface area contributed by atoms with Gasteiger partial charge in [0.2, 0.25) is 5.91 Å². The van der Waals surface area contributed by atoms with E-state index >= 15 is 0 Å². The minimum atomic E-state index is -0.160. The van der Waals surface area contributed by atoms with E-state index in [1.165, 1.54) is 0 Å². The first kappa shape index (κ1) is 21.5. The highest BCUT2D eigenvalue weighted by atomic mass is 35.5. The van der Waals surface area contributed by atoms with Crippen LogP contribution in [0.5, 0.6) is 0 Å². The molecule has 5 aromatic rings. The van der Waals surface area contributed by atoms with Gasteiger partial charge in [-0.2, -0.15) is 5.26 Å². The molecule has 0 aliphatic carbocycles. The standard InChI is InChI=1S/C27H20ClN5O/c1-17-6-11-23-24(12-17)32-27(31-23)18(14-29)13-19-15-33(25-5-3-2-4-22(19)25)16-26(34)30-21-9-7-20(28)8-10-21/h2-13,15H,16H2,1H3,(H,30,34)(H,31,32). The third kappa shape index (κ3) is 4.29. The van der Waals surface area contributed by atoms with Gasteiger partial charge in [-0.3, -0.25) is 4.79 Å². The first-order valence-electron chi connectivity index (χ1n) is 10.7. The van der Waals surface area contributed by atoms with Crippen molar-refractivity contribution in [2.24, 2.45) is 0 Å². The van der Waals surface area contributed by atoms with Gasteiger partial charge in [-0.25, -0.2) is 4.98 Å². The van der Waals surface area contributed by atoms with E-state index in [4.69, 9.17) is 11.6 Å². The Kier molecular flexibility index (Phi) is 5.62. The van der Waals surface area contributed by atoms with Crippen molar-refractivity contribution in [3.63, 3.8) is 0 Å². The maximum absolute atomic E-state index is 12.7. The van der Waals surface area contributed by atoms with Gasteiger partial charge in [-0.1, -0.05) is 35.9 Å². The molecule has 7 heteroatoms. The number of benzene rings is 3. The van der Waals surface area contributed by atoms with E-state index in [2.05, 4.69) is 21.4 Å². The van der Waals surface area contributed by atoms with Crippen LogP contribution >= 0.6 is 11.6 Å². The maximum atomic E-state index is 12.7. The monoisotopic (exact) mass is 465 g/mol. The lowest BCUT2D eigenvalue weighted by atomic mass is 10.1. The summed E-state index contributed by atoms with van der Waals surface area (Å²) < 4.78 is 1.88. The Morgan fingerprint density at radius 3 is 2.76 bits per heavy atom. The fourth-order valence-corrected chi connectivity index (χ4v) is 4.10. The van der Waals surface area contributed by atoms with E-state index < -0.39 is 0 Å². The molecule has 0 radical (unpaired) electrons. The molecule has 1 amide bonds. The van der Waals surface area contributed by atoms with Crippen molar-refractivity contribution < 1.29 is 4.79 Å². The number of amides is 1. The van der Waals surface area contributed by atoms with Crippen LogP contribution in [-0.2, 0) is 11.3 Å². The van der Waals surface area contributed by atoms with Crippen LogP contribution in [0.2, 0.25) is 5.02 Å². The number of carbonyl (C=O) groups excluding carboxylic acids is 1. The summed E-state index contributed by atoms with van der Waals surface area (Å²) in [5, 5.41) is 14.3. The zero-order chi connectivity index (χ0) is 23.7. The third-order valence-electron chi connectivity index (χ3n) is 5.57. The molecule has 0 bridgehead atoms. The molecule has 166 valence electrons. The molecule has 3 aromatic carbocycles. The van der Waals surface area contributed by atoms with Crippen LogP contribution in [0.25, 0.3) is 33.6 Å². The Balaban J connectivity index is 1.48. The number of H-pyrrole nitrogens is 1. The van der Waals surface area contributed by atoms with Gasteiger partial charge in [0.25, 0.3) is 0 Å². The van der Waals surface area contributed by atoms with Crippen LogP contribution < -0.4 is 5.32 Å². The van der Waals surface area contributed by atoms with Gasteiger partial charge in [-0.15, -0.1) is 0 Å². The first-order chi connectivity index (χ1) is 16.5. The van der Waals surface area contributed by atoms with E-state index in [0.717, 1.165) is 33.1 Å². The molecule has 0 unspecified atom stereocenters. The maximum Gasteiger partial charge on any atom is 0.244 e. The van der Waals surface area contributed by atoms with Crippen molar-refractivity contribution in [2.75, 3.05) is 5.32 Å². The summed E-state index contributed by atoms with van der Waals surface area (Å²) in [6.45, 7) is 2.14. The zero-order valence-corrected chi connectivity index (χ0v) is 19.1. The lowest BCUT2D eigenvalue weighted by Crippen LogP contribution is -2.18. The van der Waals surface area contributed by atoms with Crippen LogP contribution in [0, 0.1) is 18.3 Å². The number of rotatable bonds is 5. The number of aromatic nitrogens is 3. The van der Waals surface area contributed by atoms with Crippen molar-refractivity contribution >= 4 is 56.8 Å². The number of aromatic amines is 1. The van der Waals surface area contributed by atoms with E-state index in [-0.39, 0.29) is 12.5 Å². The van der Waals surface area contributed by atoms with Gasteiger partial charge >= 0.3 is 0 Å². The third-order valence-corrected chi connectivity index (χ3v) is 5.83. The minimum Gasteiger partial charge on any atom is -0.337 e. The molecule has 0 fully saturated rings. The largest absolute Gasteiger partial charge is 0.337 e. The molecule has 2 heterocycles. The van der Waals surface area contributed by atoms with Gasteiger partial charge in [0.05, 0.1) is 16.6 Å². The highest BCUT2D eigenvalue weighted by molar-refractivity contribution is 6.30. The molecule has 2 N–H and O–H groups in total. The molecule has 5 rings (SSSR count). The molecular weight excluding hydrogens is 446 g/mol. The number of nitrogens with one attached hydrogen (secondary N) is 2. The minimum absolute atomic E-state index is 0.128. The summed E-state index contributed by atoms with van der Waals surface area (Å²) in [5.41, 5.74) is 5.64. The molecule has 0 aliphatic heterocycles. The second kappa shape index (κ2) is 8.89. The number of para-hydroxylation sites is 1. The summed E-state index contributed by atoms with van der Waals surface area (Å²) in [5.74, 6) is 0.354. The molecule has 34 heavy (non-hydrogen) atoms. The van der Waals surface area contributed by atoms with Gasteiger partial charge in [-0.05, 0) is 61.0 Å². The first-order valence-corrected chi connectivity index (χ1v) is 11.1. The van der Waals surface area contributed by atoms with Crippen LogP contribution in [0.3, 0.4) is 0 Å². The SMILES string of the molecule is Cc1ccc2nc(C(C#N)=Cc3cn(CC(=O)Nc4ccc(Cl)cc4)c4ccccc34)[nH]c2c1. The van der Waals surface area contributed by atoms with Crippen LogP contribution in [0.1, 0.15) is 17.0 Å². The average Bonchev–Trinajstić information content (AvgIpc) is 3.40. The lowest BCUT2D eigenvalue weighted by Gasteiger charge is -2.07. The fourth-order valence-electron chi connectivity index (χ4n) is 3.97. The lowest BCUT2D eigenvalue weighted by molar-refractivity contribution is -0.116. The van der Waals surface area contributed by atoms with Gasteiger partial charge in [0, 0.05) is 33.4 Å². The summed E-state index contributed by atoms with van der Waals surface area (Å²) >= 11 is 5.92. The van der Waals surface area contributed by atoms with Gasteiger partial charge in [0.15, 0.2) is 0 Å². The predicted octanol–water partition coefficient (Wildman–Crippen LogP) is 6.18. The number of imidazole rings is 1. The number of nitriles is 1. The average molecular weight is 466 g/mol. The zero-order valence-electron chi connectivity index (χ0n) is 18.3. The van der Waals surface area contributed by atoms with E-state index in [0.29, 0.717) is 22.1 Å². The highest BCUT2D eigenvalue weighted by Crippen LogP contribution is 2.26. The number of hydrogen-bond donors (Lipinski definition) is 2. The van der Waals surface area contributed by atoms with Crippen LogP contribution in [0.15, 0.2) is 72.9 Å². The van der Waals surface area contributed by atoms with Crippen molar-refractivity contribution in [3.05, 3.63) is 94.9 Å². The smallest absolute Gasteiger partial charge is 0.244 e. The Hall–Kier alpha value is -4.34. The highest BCUT2D eigenvalue weighted by Gasteiger charge is 2.13. The number of aryl methyl sites for hydroxylation is 1. The Morgan fingerprint density at radius 2 is 1.97 bits per heavy atom. The molecule has 0 aliphatic rings. The molecule has 0 spiro atoms. The predicted molar refractivity (Wildman–Crippen MR) is 136 cm³/mol. The summed E-state index contributed by atoms with van der Waals surface area (Å²) in [6, 6.07) is 23.0. The second-order valence-electron chi connectivity index (χ2n) is 8.06. The van der Waals surface area contributed by atoms with Crippen molar-refractivity contribution in [1.82, 2.24) is 14.5 Å². The second-order valence-corrected chi connectivity index (χ2v) is 8.50. The van der Waals surface area contributed by atoms with Crippen molar-refractivity contribution in [1.29, 1.82) is 5.26 Å². The van der Waals surface area contributed by atoms with Crippen molar-refractivity contribution in [2.45, 2.75) is 13.5 Å². The number of halogens is 1. The summed E-state index contributed by atoms with van der Waals surface area (Å²) in [7, 11) is 0. The quantitative estimate of drug-likeness (QED) is 0.304. The van der Waals surface area contributed by atoms with Crippen LogP contribution in [-0.4, -0.2) is 20.4 Å². The van der Waals surface area contributed by atoms with Gasteiger partial charge in [0.1, 0.15) is 18.4 Å². The topological polar surface area (TPSA) is 86.5 Å². The number of nitrogens with zero attached hydrogens (tertiary/aromatic N) is 3. The van der Waals surface area contributed by atoms with E-state index in [1.54, 1.807) is 30.3 Å². The van der Waals surface area contributed by atoms with E-state index in [1.807, 2.05) is 60.2 Å². The number of hydrogen-bond acceptors (Lipinski definition) is 3. The number of fused-ring (bicyclic) bond motifs is 2. The Morgan fingerprint density at radius 1 is 1.18 bits per heavy atom. The molecule has 6 nitrogen and oxygen atoms in total. The number of anilines is 1. The summed E-state index contributed by atoms with van der Waals surface area (Å²) in [6.07, 6.45) is 3.69. The summed E-state index contributed by atoms with van der Waals surface area (Å²) in [4.78, 5) is 20.5. The molecule has 0 saturated heterocycles. The molecular formula is C27H20ClN5O. The molecule has 0 atom stereocenters. The Bertz CT molecular complexity index is 1600.